The number of carboxylic acids is 1. The van der Waals surface area contributed by atoms with E-state index in [0.717, 1.165) is 11.3 Å². The summed E-state index contributed by atoms with van der Waals surface area (Å²) in [5, 5.41) is 20.6. The summed E-state index contributed by atoms with van der Waals surface area (Å²) in [6.45, 7) is 3.33. The van der Waals surface area contributed by atoms with E-state index in [-0.39, 0.29) is 16.3 Å². The average Bonchev–Trinajstić information content (AvgIpc) is 2.71. The van der Waals surface area contributed by atoms with E-state index < -0.39 is 10.9 Å². The number of aromatic nitrogens is 1. The number of carbonyl (C=O) groups is 1. The molecule has 0 atom stereocenters. The van der Waals surface area contributed by atoms with Crippen molar-refractivity contribution < 1.29 is 14.8 Å². The molecule has 1 aromatic carbocycles. The van der Waals surface area contributed by atoms with Gasteiger partial charge in [0.1, 0.15) is 4.88 Å². The fourth-order valence-corrected chi connectivity index (χ4v) is 2.50. The number of rotatable bonds is 3. The highest BCUT2D eigenvalue weighted by atomic mass is 32.1. The highest BCUT2D eigenvalue weighted by molar-refractivity contribution is 7.14. The van der Waals surface area contributed by atoms with Gasteiger partial charge in [0.15, 0.2) is 0 Å². The molecule has 2 rings (SSSR count). The molecule has 0 spiro atoms. The van der Waals surface area contributed by atoms with Crippen molar-refractivity contribution in [3.63, 3.8) is 0 Å². The van der Waals surface area contributed by atoms with Crippen molar-refractivity contribution in [1.29, 1.82) is 0 Å². The van der Waals surface area contributed by atoms with Crippen LogP contribution >= 0.6 is 11.3 Å². The fraction of sp³-hybridized carbons (Fsp3) is 0.167. The summed E-state index contributed by atoms with van der Waals surface area (Å²) in [5.41, 5.74) is 1.20. The molecule has 0 amide bonds. The average molecular weight is 278 g/mol. The number of aromatic carboxylic acids is 1. The Morgan fingerprint density at radius 2 is 2.11 bits per heavy atom. The molecule has 1 N–H and O–H groups in total. The second-order valence-electron chi connectivity index (χ2n) is 3.97. The molecule has 0 aliphatic heterocycles. The van der Waals surface area contributed by atoms with Gasteiger partial charge >= 0.3 is 5.97 Å². The standard InChI is InChI=1S/C12H10N2O4S/c1-6-3-4-8(5-9(6)14(17)18)10-11(12(15)16)19-7(2)13-10/h3-5H,1-2H3,(H,15,16). The van der Waals surface area contributed by atoms with Gasteiger partial charge in [-0.15, -0.1) is 11.3 Å². The molecule has 1 aromatic heterocycles. The number of benzene rings is 1. The number of aryl methyl sites for hydroxylation is 2. The molecule has 0 saturated heterocycles. The summed E-state index contributed by atoms with van der Waals surface area (Å²) < 4.78 is 0. The van der Waals surface area contributed by atoms with Crippen molar-refractivity contribution in [3.8, 4) is 11.3 Å². The Balaban J connectivity index is 2.62. The number of hydrogen-bond donors (Lipinski definition) is 1. The van der Waals surface area contributed by atoms with Crippen molar-refractivity contribution >= 4 is 23.0 Å². The summed E-state index contributed by atoms with van der Waals surface area (Å²) in [4.78, 5) is 25.8. The van der Waals surface area contributed by atoms with Gasteiger partial charge < -0.3 is 5.11 Å². The fourth-order valence-electron chi connectivity index (χ4n) is 1.72. The van der Waals surface area contributed by atoms with E-state index in [1.165, 1.54) is 6.07 Å². The van der Waals surface area contributed by atoms with Crippen LogP contribution in [0.3, 0.4) is 0 Å². The number of hydrogen-bond acceptors (Lipinski definition) is 5. The Labute approximate surface area is 112 Å². The first-order valence-corrected chi connectivity index (χ1v) is 6.18. The molecule has 0 radical (unpaired) electrons. The van der Waals surface area contributed by atoms with Crippen LogP contribution in [0.5, 0.6) is 0 Å². The van der Waals surface area contributed by atoms with E-state index in [4.69, 9.17) is 5.11 Å². The van der Waals surface area contributed by atoms with Crippen molar-refractivity contribution in [2.45, 2.75) is 13.8 Å². The Hall–Kier alpha value is -2.28. The molecule has 1 heterocycles. The quantitative estimate of drug-likeness (QED) is 0.688. The molecule has 0 aliphatic rings. The van der Waals surface area contributed by atoms with Gasteiger partial charge in [-0.1, -0.05) is 12.1 Å². The van der Waals surface area contributed by atoms with E-state index in [2.05, 4.69) is 4.98 Å². The molecule has 6 nitrogen and oxygen atoms in total. The smallest absolute Gasteiger partial charge is 0.348 e. The van der Waals surface area contributed by atoms with Crippen LogP contribution in [-0.4, -0.2) is 21.0 Å². The lowest BCUT2D eigenvalue weighted by molar-refractivity contribution is -0.385. The summed E-state index contributed by atoms with van der Waals surface area (Å²) in [6.07, 6.45) is 0. The van der Waals surface area contributed by atoms with Gasteiger partial charge in [0.05, 0.1) is 15.6 Å². The predicted octanol–water partition coefficient (Wildman–Crippen LogP) is 3.03. The zero-order valence-corrected chi connectivity index (χ0v) is 11.0. The van der Waals surface area contributed by atoms with Crippen LogP contribution in [0.2, 0.25) is 0 Å². The van der Waals surface area contributed by atoms with E-state index >= 15 is 0 Å². The third-order valence-electron chi connectivity index (χ3n) is 2.61. The topological polar surface area (TPSA) is 93.3 Å². The highest BCUT2D eigenvalue weighted by Gasteiger charge is 2.20. The Morgan fingerprint density at radius 3 is 2.68 bits per heavy atom. The van der Waals surface area contributed by atoms with Crippen LogP contribution in [0.15, 0.2) is 18.2 Å². The summed E-state index contributed by atoms with van der Waals surface area (Å²) in [5.74, 6) is -1.08. The SMILES string of the molecule is Cc1nc(-c2ccc(C)c([N+](=O)[O-])c2)c(C(=O)O)s1. The number of nitrogens with zero attached hydrogens (tertiary/aromatic N) is 2. The zero-order chi connectivity index (χ0) is 14.2. The number of nitro groups is 1. The molecule has 0 saturated carbocycles. The van der Waals surface area contributed by atoms with E-state index in [1.54, 1.807) is 26.0 Å². The molecule has 19 heavy (non-hydrogen) atoms. The summed E-state index contributed by atoms with van der Waals surface area (Å²) in [7, 11) is 0. The highest BCUT2D eigenvalue weighted by Crippen LogP contribution is 2.31. The predicted molar refractivity (Wildman–Crippen MR) is 70.6 cm³/mol. The first-order chi connectivity index (χ1) is 8.90. The largest absolute Gasteiger partial charge is 0.477 e. The van der Waals surface area contributed by atoms with Crippen LogP contribution in [-0.2, 0) is 0 Å². The van der Waals surface area contributed by atoms with Gasteiger partial charge in [-0.25, -0.2) is 9.78 Å². The van der Waals surface area contributed by atoms with Crippen LogP contribution in [0.25, 0.3) is 11.3 Å². The zero-order valence-electron chi connectivity index (χ0n) is 10.2. The molecular weight excluding hydrogens is 268 g/mol. The van der Waals surface area contributed by atoms with Crippen molar-refractivity contribution in [1.82, 2.24) is 4.98 Å². The van der Waals surface area contributed by atoms with Crippen molar-refractivity contribution in [2.75, 3.05) is 0 Å². The number of carboxylic acid groups (broad SMARTS) is 1. The van der Waals surface area contributed by atoms with Crippen LogP contribution in [0.4, 0.5) is 5.69 Å². The van der Waals surface area contributed by atoms with Gasteiger partial charge in [-0.2, -0.15) is 0 Å². The third kappa shape index (κ3) is 2.45. The van der Waals surface area contributed by atoms with Crippen LogP contribution in [0.1, 0.15) is 20.2 Å². The first-order valence-electron chi connectivity index (χ1n) is 5.36. The third-order valence-corrected chi connectivity index (χ3v) is 3.57. The minimum atomic E-state index is -1.08. The van der Waals surface area contributed by atoms with Crippen LogP contribution < -0.4 is 0 Å². The molecular formula is C12H10N2O4S. The molecule has 7 heteroatoms. The van der Waals surface area contributed by atoms with Crippen LogP contribution in [0, 0.1) is 24.0 Å². The Bertz CT molecular complexity index is 678. The molecule has 0 aliphatic carbocycles. The second kappa shape index (κ2) is 4.77. The lowest BCUT2D eigenvalue weighted by Gasteiger charge is -2.01. The second-order valence-corrected chi connectivity index (χ2v) is 5.18. The van der Waals surface area contributed by atoms with Gasteiger partial charge in [-0.05, 0) is 13.8 Å². The van der Waals surface area contributed by atoms with E-state index in [9.17, 15) is 14.9 Å². The first kappa shape index (κ1) is 13.2. The lowest BCUT2D eigenvalue weighted by Crippen LogP contribution is -1.97. The molecule has 2 aromatic rings. The minimum absolute atomic E-state index is 0.0421. The van der Waals surface area contributed by atoms with Gasteiger partial charge in [-0.3, -0.25) is 10.1 Å². The maximum absolute atomic E-state index is 11.1. The molecule has 98 valence electrons. The molecule has 0 fully saturated rings. The number of nitro benzene ring substituents is 1. The Morgan fingerprint density at radius 1 is 1.42 bits per heavy atom. The minimum Gasteiger partial charge on any atom is -0.477 e. The number of thiazole rings is 1. The summed E-state index contributed by atoms with van der Waals surface area (Å²) in [6, 6.07) is 4.59. The van der Waals surface area contributed by atoms with Gasteiger partial charge in [0, 0.05) is 17.2 Å². The molecule has 0 bridgehead atoms. The van der Waals surface area contributed by atoms with E-state index in [1.807, 2.05) is 0 Å². The van der Waals surface area contributed by atoms with Crippen molar-refractivity contribution in [3.05, 3.63) is 43.8 Å². The van der Waals surface area contributed by atoms with Gasteiger partial charge in [0.25, 0.3) is 5.69 Å². The normalized spacial score (nSPS) is 10.4. The Kier molecular flexibility index (Phi) is 3.30. The summed E-state index contributed by atoms with van der Waals surface area (Å²) >= 11 is 1.06. The monoisotopic (exact) mass is 278 g/mol. The van der Waals surface area contributed by atoms with Crippen molar-refractivity contribution in [2.24, 2.45) is 0 Å². The lowest BCUT2D eigenvalue weighted by atomic mass is 10.1. The molecule has 0 unspecified atom stereocenters. The van der Waals surface area contributed by atoms with Gasteiger partial charge in [0.2, 0.25) is 0 Å². The maximum Gasteiger partial charge on any atom is 0.348 e. The van der Waals surface area contributed by atoms with E-state index in [0.29, 0.717) is 16.1 Å². The maximum atomic E-state index is 11.1.